The monoisotopic (exact) mass is 401 g/mol. The number of carbonyl (C=O) groups is 2. The summed E-state index contributed by atoms with van der Waals surface area (Å²) in [7, 11) is 0. The van der Waals surface area contributed by atoms with Crippen LogP contribution in [-0.2, 0) is 16.1 Å². The first-order valence-corrected chi connectivity index (χ1v) is 10.3. The lowest BCUT2D eigenvalue weighted by atomic mass is 10.2. The largest absolute Gasteiger partial charge is 0.486 e. The molecule has 2 aliphatic heterocycles. The van der Waals surface area contributed by atoms with Gasteiger partial charge in [-0.15, -0.1) is 11.3 Å². The van der Waals surface area contributed by atoms with Gasteiger partial charge in [-0.3, -0.25) is 14.5 Å². The molecule has 2 aliphatic rings. The lowest BCUT2D eigenvalue weighted by molar-refractivity contribution is -0.124. The van der Waals surface area contributed by atoms with Crippen LogP contribution in [0.4, 0.5) is 5.69 Å². The van der Waals surface area contributed by atoms with Gasteiger partial charge in [0.2, 0.25) is 11.8 Å². The predicted octanol–water partition coefficient (Wildman–Crippen LogP) is 2.00. The molecule has 1 aromatic carbocycles. The van der Waals surface area contributed by atoms with E-state index in [1.54, 1.807) is 16.2 Å². The van der Waals surface area contributed by atoms with Crippen molar-refractivity contribution < 1.29 is 19.1 Å². The fraction of sp³-hybridized carbons (Fsp3) is 0.400. The molecule has 1 saturated heterocycles. The van der Waals surface area contributed by atoms with E-state index in [0.29, 0.717) is 44.2 Å². The third-order valence-corrected chi connectivity index (χ3v) is 5.92. The number of amides is 2. The number of anilines is 1. The molecule has 2 N–H and O–H groups in total. The van der Waals surface area contributed by atoms with E-state index in [0.717, 1.165) is 17.0 Å². The molecule has 28 heavy (non-hydrogen) atoms. The number of likely N-dealkylation sites (tertiary alicyclic amines) is 1. The highest BCUT2D eigenvalue weighted by molar-refractivity contribution is 7.09. The summed E-state index contributed by atoms with van der Waals surface area (Å²) in [6, 6.07) is 9.15. The Balaban J connectivity index is 1.58. The van der Waals surface area contributed by atoms with Gasteiger partial charge in [-0.25, -0.2) is 0 Å². The zero-order valence-electron chi connectivity index (χ0n) is 15.5. The van der Waals surface area contributed by atoms with Crippen molar-refractivity contribution in [2.45, 2.75) is 25.4 Å². The molecule has 8 heteroatoms. The van der Waals surface area contributed by atoms with Crippen molar-refractivity contribution >= 4 is 28.8 Å². The molecular weight excluding hydrogens is 378 g/mol. The van der Waals surface area contributed by atoms with Gasteiger partial charge in [0, 0.05) is 16.6 Å². The molecule has 0 radical (unpaired) electrons. The molecule has 1 aromatic heterocycles. The Morgan fingerprint density at radius 2 is 2.04 bits per heavy atom. The molecule has 4 rings (SSSR count). The van der Waals surface area contributed by atoms with Gasteiger partial charge in [-0.2, -0.15) is 0 Å². The van der Waals surface area contributed by atoms with Gasteiger partial charge in [0.1, 0.15) is 13.2 Å². The van der Waals surface area contributed by atoms with Crippen molar-refractivity contribution in [2.75, 3.05) is 31.2 Å². The molecule has 3 heterocycles. The van der Waals surface area contributed by atoms with Crippen LogP contribution < -0.4 is 20.1 Å². The Morgan fingerprint density at radius 1 is 1.21 bits per heavy atom. The van der Waals surface area contributed by atoms with E-state index in [1.165, 1.54) is 0 Å². The number of rotatable bonds is 6. The number of primary amides is 1. The molecule has 0 aliphatic carbocycles. The number of nitrogens with zero attached hydrogens (tertiary/aromatic N) is 2. The van der Waals surface area contributed by atoms with E-state index in [9.17, 15) is 9.59 Å². The smallest absolute Gasteiger partial charge is 0.241 e. The molecule has 1 unspecified atom stereocenters. The van der Waals surface area contributed by atoms with E-state index in [1.807, 2.05) is 40.6 Å². The highest BCUT2D eigenvalue weighted by atomic mass is 32.1. The Kier molecular flexibility index (Phi) is 5.50. The maximum absolute atomic E-state index is 13.2. The molecule has 2 amide bonds. The minimum absolute atomic E-state index is 0.0711. The van der Waals surface area contributed by atoms with Gasteiger partial charge in [0.15, 0.2) is 11.5 Å². The maximum Gasteiger partial charge on any atom is 0.241 e. The topological polar surface area (TPSA) is 85.1 Å². The number of thiophene rings is 1. The molecule has 0 bridgehead atoms. The SMILES string of the molecule is NC(=O)C1CCCN1CC(=O)N(Cc1cccs1)c1ccc2c(c1)OCCO2. The van der Waals surface area contributed by atoms with Crippen molar-refractivity contribution in [1.82, 2.24) is 4.90 Å². The highest BCUT2D eigenvalue weighted by Crippen LogP contribution is 2.35. The zero-order valence-corrected chi connectivity index (χ0v) is 16.3. The molecule has 2 aromatic rings. The lowest BCUT2D eigenvalue weighted by Crippen LogP contribution is -2.46. The van der Waals surface area contributed by atoms with Crippen LogP contribution in [0.1, 0.15) is 17.7 Å². The summed E-state index contributed by atoms with van der Waals surface area (Å²) in [4.78, 5) is 29.6. The summed E-state index contributed by atoms with van der Waals surface area (Å²) in [5.74, 6) is 0.892. The summed E-state index contributed by atoms with van der Waals surface area (Å²) in [6.07, 6.45) is 1.58. The van der Waals surface area contributed by atoms with Gasteiger partial charge in [0.05, 0.1) is 19.1 Å². The summed E-state index contributed by atoms with van der Waals surface area (Å²) >= 11 is 1.60. The average molecular weight is 401 g/mol. The maximum atomic E-state index is 13.2. The second-order valence-corrected chi connectivity index (χ2v) is 7.95. The van der Waals surface area contributed by atoms with Crippen LogP contribution in [0.3, 0.4) is 0 Å². The Labute approximate surface area is 167 Å². The van der Waals surface area contributed by atoms with Crippen molar-refractivity contribution in [3.63, 3.8) is 0 Å². The normalized spacial score (nSPS) is 18.8. The zero-order chi connectivity index (χ0) is 19.5. The summed E-state index contributed by atoms with van der Waals surface area (Å²) in [5, 5.41) is 1.99. The summed E-state index contributed by atoms with van der Waals surface area (Å²) in [5.41, 5.74) is 6.25. The number of hydrogen-bond acceptors (Lipinski definition) is 6. The highest BCUT2D eigenvalue weighted by Gasteiger charge is 2.32. The van der Waals surface area contributed by atoms with E-state index >= 15 is 0 Å². The summed E-state index contributed by atoms with van der Waals surface area (Å²) in [6.45, 7) is 2.34. The van der Waals surface area contributed by atoms with Crippen LogP contribution in [-0.4, -0.2) is 49.1 Å². The van der Waals surface area contributed by atoms with Crippen LogP contribution in [0.5, 0.6) is 11.5 Å². The molecule has 7 nitrogen and oxygen atoms in total. The van der Waals surface area contributed by atoms with E-state index in [4.69, 9.17) is 15.2 Å². The lowest BCUT2D eigenvalue weighted by Gasteiger charge is -2.28. The second-order valence-electron chi connectivity index (χ2n) is 6.92. The fourth-order valence-corrected chi connectivity index (χ4v) is 4.37. The van der Waals surface area contributed by atoms with Crippen molar-refractivity contribution in [2.24, 2.45) is 5.73 Å². The van der Waals surface area contributed by atoms with Crippen LogP contribution in [0.25, 0.3) is 0 Å². The van der Waals surface area contributed by atoms with Crippen molar-refractivity contribution in [3.8, 4) is 11.5 Å². The standard InChI is InChI=1S/C20H23N3O4S/c21-20(25)16-4-1-7-22(16)13-19(24)23(12-15-3-2-10-28-15)14-5-6-17-18(11-14)27-9-8-26-17/h2-3,5-6,10-11,16H,1,4,7-9,12-13H2,(H2,21,25). The van der Waals surface area contributed by atoms with Crippen molar-refractivity contribution in [3.05, 3.63) is 40.6 Å². The first-order chi connectivity index (χ1) is 13.6. The van der Waals surface area contributed by atoms with Crippen LogP contribution in [0.2, 0.25) is 0 Å². The van der Waals surface area contributed by atoms with Gasteiger partial charge in [-0.05, 0) is 43.0 Å². The Hall–Kier alpha value is -2.58. The quantitative estimate of drug-likeness (QED) is 0.800. The second kappa shape index (κ2) is 8.20. The van der Waals surface area contributed by atoms with Crippen LogP contribution in [0, 0.1) is 0 Å². The Morgan fingerprint density at radius 3 is 2.79 bits per heavy atom. The number of nitrogens with two attached hydrogens (primary N) is 1. The predicted molar refractivity (Wildman–Crippen MR) is 107 cm³/mol. The molecule has 0 spiro atoms. The van der Waals surface area contributed by atoms with E-state index < -0.39 is 0 Å². The Bertz CT molecular complexity index is 855. The number of benzene rings is 1. The molecular formula is C20H23N3O4S. The number of carbonyl (C=O) groups excluding carboxylic acids is 2. The van der Waals surface area contributed by atoms with Gasteiger partial charge < -0.3 is 20.1 Å². The molecule has 148 valence electrons. The molecule has 1 atom stereocenters. The fourth-order valence-electron chi connectivity index (χ4n) is 3.68. The van der Waals surface area contributed by atoms with Gasteiger partial charge in [0.25, 0.3) is 0 Å². The average Bonchev–Trinajstić information content (AvgIpc) is 3.37. The third-order valence-electron chi connectivity index (χ3n) is 5.06. The number of fused-ring (bicyclic) bond motifs is 1. The first-order valence-electron chi connectivity index (χ1n) is 9.37. The number of ether oxygens (including phenoxy) is 2. The van der Waals surface area contributed by atoms with E-state index in [2.05, 4.69) is 0 Å². The van der Waals surface area contributed by atoms with Crippen LogP contribution >= 0.6 is 11.3 Å². The summed E-state index contributed by atoms with van der Waals surface area (Å²) < 4.78 is 11.3. The van der Waals surface area contributed by atoms with Gasteiger partial charge >= 0.3 is 0 Å². The molecule has 0 saturated carbocycles. The van der Waals surface area contributed by atoms with Crippen LogP contribution in [0.15, 0.2) is 35.7 Å². The third kappa shape index (κ3) is 3.98. The van der Waals surface area contributed by atoms with Crippen molar-refractivity contribution in [1.29, 1.82) is 0 Å². The number of hydrogen-bond donors (Lipinski definition) is 1. The first kappa shape index (κ1) is 18.8. The minimum atomic E-state index is -0.368. The van der Waals surface area contributed by atoms with E-state index in [-0.39, 0.29) is 24.4 Å². The van der Waals surface area contributed by atoms with Gasteiger partial charge in [-0.1, -0.05) is 6.07 Å². The molecule has 1 fully saturated rings. The minimum Gasteiger partial charge on any atom is -0.486 e.